The first-order valence-corrected chi connectivity index (χ1v) is 4.13. The number of benzene rings is 1. The summed E-state index contributed by atoms with van der Waals surface area (Å²) in [5.74, 6) is -0.323. The monoisotopic (exact) mass is 178 g/mol. The number of primary amides is 1. The summed E-state index contributed by atoms with van der Waals surface area (Å²) in [5, 5.41) is 0. The fraction of sp³-hybridized carbons (Fsp3) is 0.300. The lowest BCUT2D eigenvalue weighted by Crippen LogP contribution is -2.32. The molecule has 1 aromatic rings. The first kappa shape index (κ1) is 9.74. The molecule has 3 nitrogen and oxygen atoms in total. The number of nitrogens with zero attached hydrogens (tertiary/aromatic N) is 1. The van der Waals surface area contributed by atoms with Crippen LogP contribution in [-0.4, -0.2) is 24.9 Å². The lowest BCUT2D eigenvalue weighted by atomic mass is 10.1. The number of nitrogens with two attached hydrogens (primary N) is 1. The summed E-state index contributed by atoms with van der Waals surface area (Å²) in [5.41, 5.74) is 6.22. The maximum absolute atomic E-state index is 11.1. The van der Waals surface area contributed by atoms with E-state index in [4.69, 9.17) is 5.73 Å². The van der Waals surface area contributed by atoms with Crippen LogP contribution in [0.1, 0.15) is 11.6 Å². The lowest BCUT2D eigenvalue weighted by molar-refractivity contribution is -0.122. The van der Waals surface area contributed by atoms with Gasteiger partial charge in [-0.2, -0.15) is 0 Å². The number of carbonyl (C=O) groups is 1. The molecule has 0 spiro atoms. The molecule has 0 heterocycles. The van der Waals surface area contributed by atoms with Crippen LogP contribution in [0.2, 0.25) is 0 Å². The van der Waals surface area contributed by atoms with Crippen LogP contribution < -0.4 is 5.73 Å². The maximum Gasteiger partial charge on any atom is 0.239 e. The minimum atomic E-state index is -0.332. The zero-order chi connectivity index (χ0) is 9.84. The molecule has 3 heteroatoms. The van der Waals surface area contributed by atoms with E-state index in [2.05, 4.69) is 0 Å². The quantitative estimate of drug-likeness (QED) is 0.743. The Hall–Kier alpha value is -1.35. The Morgan fingerprint density at radius 2 is 1.85 bits per heavy atom. The van der Waals surface area contributed by atoms with Gasteiger partial charge in [0.2, 0.25) is 5.91 Å². The van der Waals surface area contributed by atoms with E-state index in [0.717, 1.165) is 5.56 Å². The summed E-state index contributed by atoms with van der Waals surface area (Å²) in [6.45, 7) is 0. The Balaban J connectivity index is 2.96. The molecule has 70 valence electrons. The van der Waals surface area contributed by atoms with Gasteiger partial charge in [-0.1, -0.05) is 30.3 Å². The van der Waals surface area contributed by atoms with E-state index in [0.29, 0.717) is 0 Å². The summed E-state index contributed by atoms with van der Waals surface area (Å²) in [7, 11) is 3.67. The average Bonchev–Trinajstić information content (AvgIpc) is 2.04. The molecule has 13 heavy (non-hydrogen) atoms. The van der Waals surface area contributed by atoms with E-state index in [9.17, 15) is 4.79 Å². The van der Waals surface area contributed by atoms with Crippen molar-refractivity contribution >= 4 is 5.91 Å². The van der Waals surface area contributed by atoms with Crippen molar-refractivity contribution in [2.75, 3.05) is 14.1 Å². The predicted molar refractivity (Wildman–Crippen MR) is 52.1 cm³/mol. The molecule has 0 saturated heterocycles. The third-order valence-corrected chi connectivity index (χ3v) is 1.90. The second-order valence-electron chi connectivity index (χ2n) is 3.18. The molecule has 0 saturated carbocycles. The van der Waals surface area contributed by atoms with Gasteiger partial charge in [0.05, 0.1) is 0 Å². The molecule has 2 N–H and O–H groups in total. The van der Waals surface area contributed by atoms with Crippen LogP contribution in [0.4, 0.5) is 0 Å². The predicted octanol–water partition coefficient (Wildman–Crippen LogP) is 0.775. The van der Waals surface area contributed by atoms with Gasteiger partial charge in [-0.05, 0) is 19.7 Å². The molecule has 0 aliphatic carbocycles. The summed E-state index contributed by atoms with van der Waals surface area (Å²) in [4.78, 5) is 12.9. The molecule has 1 rings (SSSR count). The Morgan fingerprint density at radius 1 is 1.31 bits per heavy atom. The summed E-state index contributed by atoms with van der Waals surface area (Å²) in [6, 6.07) is 9.17. The van der Waals surface area contributed by atoms with E-state index in [-0.39, 0.29) is 11.9 Å². The van der Waals surface area contributed by atoms with Gasteiger partial charge in [-0.3, -0.25) is 9.69 Å². The molecule has 0 aliphatic heterocycles. The standard InChI is InChI=1S/C10H14N2O/c1-12(2)9(10(11)13)8-6-4-3-5-7-8/h3-7,9H,1-2H3,(H2,11,13)/t9-/m0/s1. The highest BCUT2D eigenvalue weighted by molar-refractivity contribution is 5.81. The molecule has 0 unspecified atom stereocenters. The van der Waals surface area contributed by atoms with Crippen LogP contribution in [0, 0.1) is 0 Å². The van der Waals surface area contributed by atoms with Crippen LogP contribution in [-0.2, 0) is 4.79 Å². The van der Waals surface area contributed by atoms with Gasteiger partial charge in [-0.25, -0.2) is 0 Å². The average molecular weight is 178 g/mol. The van der Waals surface area contributed by atoms with Crippen molar-refractivity contribution < 1.29 is 4.79 Å². The van der Waals surface area contributed by atoms with Crippen molar-refractivity contribution in [3.05, 3.63) is 35.9 Å². The topological polar surface area (TPSA) is 46.3 Å². The lowest BCUT2D eigenvalue weighted by Gasteiger charge is -2.20. The van der Waals surface area contributed by atoms with Crippen LogP contribution in [0.15, 0.2) is 30.3 Å². The zero-order valence-electron chi connectivity index (χ0n) is 7.90. The highest BCUT2D eigenvalue weighted by atomic mass is 16.1. The van der Waals surface area contributed by atoms with Gasteiger partial charge < -0.3 is 5.73 Å². The summed E-state index contributed by atoms with van der Waals surface area (Å²) in [6.07, 6.45) is 0. The van der Waals surface area contributed by atoms with Crippen molar-refractivity contribution in [2.45, 2.75) is 6.04 Å². The van der Waals surface area contributed by atoms with Crippen molar-refractivity contribution in [3.63, 3.8) is 0 Å². The third-order valence-electron chi connectivity index (χ3n) is 1.90. The largest absolute Gasteiger partial charge is 0.368 e. The zero-order valence-corrected chi connectivity index (χ0v) is 7.90. The highest BCUT2D eigenvalue weighted by Gasteiger charge is 2.18. The number of rotatable bonds is 3. The van der Waals surface area contributed by atoms with Crippen LogP contribution in [0.25, 0.3) is 0 Å². The Morgan fingerprint density at radius 3 is 2.23 bits per heavy atom. The van der Waals surface area contributed by atoms with Gasteiger partial charge in [0.1, 0.15) is 6.04 Å². The van der Waals surface area contributed by atoms with E-state index in [1.54, 1.807) is 4.90 Å². The first-order valence-electron chi connectivity index (χ1n) is 4.13. The van der Waals surface area contributed by atoms with Gasteiger partial charge in [0, 0.05) is 0 Å². The van der Waals surface area contributed by atoms with E-state index in [1.165, 1.54) is 0 Å². The van der Waals surface area contributed by atoms with Gasteiger partial charge in [0.25, 0.3) is 0 Å². The molecule has 1 aromatic carbocycles. The second-order valence-corrected chi connectivity index (χ2v) is 3.18. The molecule has 1 atom stereocenters. The smallest absolute Gasteiger partial charge is 0.239 e. The van der Waals surface area contributed by atoms with Crippen molar-refractivity contribution in [1.82, 2.24) is 4.90 Å². The maximum atomic E-state index is 11.1. The van der Waals surface area contributed by atoms with Crippen molar-refractivity contribution in [1.29, 1.82) is 0 Å². The molecule has 0 fully saturated rings. The Labute approximate surface area is 78.2 Å². The Bertz CT molecular complexity index is 282. The fourth-order valence-corrected chi connectivity index (χ4v) is 1.35. The SMILES string of the molecule is CN(C)[C@H](C(N)=O)c1ccccc1. The first-order chi connectivity index (χ1) is 6.13. The number of likely N-dealkylation sites (N-methyl/N-ethyl adjacent to an activating group) is 1. The van der Waals surface area contributed by atoms with E-state index in [1.807, 2.05) is 44.4 Å². The molecule has 0 aliphatic rings. The van der Waals surface area contributed by atoms with Gasteiger partial charge >= 0.3 is 0 Å². The summed E-state index contributed by atoms with van der Waals surface area (Å²) >= 11 is 0. The van der Waals surface area contributed by atoms with E-state index < -0.39 is 0 Å². The number of amides is 1. The van der Waals surface area contributed by atoms with Crippen molar-refractivity contribution in [2.24, 2.45) is 5.73 Å². The van der Waals surface area contributed by atoms with Gasteiger partial charge in [-0.15, -0.1) is 0 Å². The Kier molecular flexibility index (Phi) is 3.03. The molecule has 0 aromatic heterocycles. The molecule has 1 amide bonds. The van der Waals surface area contributed by atoms with Crippen LogP contribution >= 0.6 is 0 Å². The number of hydrogen-bond donors (Lipinski definition) is 1. The highest BCUT2D eigenvalue weighted by Crippen LogP contribution is 2.16. The second kappa shape index (κ2) is 4.05. The summed E-state index contributed by atoms with van der Waals surface area (Å²) < 4.78 is 0. The minimum absolute atomic E-state index is 0.323. The number of hydrogen-bond acceptors (Lipinski definition) is 2. The van der Waals surface area contributed by atoms with Crippen molar-refractivity contribution in [3.8, 4) is 0 Å². The number of carbonyl (C=O) groups excluding carboxylic acids is 1. The normalized spacial score (nSPS) is 12.8. The van der Waals surface area contributed by atoms with E-state index >= 15 is 0 Å². The molecular formula is C10H14N2O. The third kappa shape index (κ3) is 2.29. The molecule has 0 bridgehead atoms. The molecule has 0 radical (unpaired) electrons. The fourth-order valence-electron chi connectivity index (χ4n) is 1.35. The van der Waals surface area contributed by atoms with Crippen LogP contribution in [0.3, 0.4) is 0 Å². The minimum Gasteiger partial charge on any atom is -0.368 e. The van der Waals surface area contributed by atoms with Crippen LogP contribution in [0.5, 0.6) is 0 Å². The van der Waals surface area contributed by atoms with Gasteiger partial charge in [0.15, 0.2) is 0 Å². The molecular weight excluding hydrogens is 164 g/mol.